The summed E-state index contributed by atoms with van der Waals surface area (Å²) in [5.41, 5.74) is 3.08. The van der Waals surface area contributed by atoms with Crippen molar-refractivity contribution in [3.05, 3.63) is 103 Å². The number of likely N-dealkylation sites (tertiary alicyclic amines) is 1. The number of hydrogen-bond acceptors (Lipinski definition) is 7. The highest BCUT2D eigenvalue weighted by atomic mass is 16.5. The van der Waals surface area contributed by atoms with Crippen molar-refractivity contribution in [1.29, 1.82) is 0 Å². The number of benzene rings is 2. The molecule has 2 atom stereocenters. The fourth-order valence-electron chi connectivity index (χ4n) is 6.54. The molecule has 42 heavy (non-hydrogen) atoms. The highest BCUT2D eigenvalue weighted by molar-refractivity contribution is 6.04. The SMILES string of the molecule is COc1ccc2[nH]c3c(=O)n(/N=C/c4ccc(OC)c(CN5C[C@H]6C[C@@H](C5)c5cccc(=O)n5C6)c4)c(=O)[nH]c3c2c1. The van der Waals surface area contributed by atoms with E-state index < -0.39 is 11.2 Å². The number of rotatable bonds is 6. The Kier molecular flexibility index (Phi) is 6.31. The Balaban J connectivity index is 1.17. The molecule has 11 heteroatoms. The maximum atomic E-state index is 13.2. The number of piperidine rings is 1. The molecule has 0 aliphatic carbocycles. The van der Waals surface area contributed by atoms with Crippen molar-refractivity contribution < 1.29 is 9.47 Å². The highest BCUT2D eigenvalue weighted by Crippen LogP contribution is 2.36. The lowest BCUT2D eigenvalue weighted by atomic mass is 9.83. The third-order valence-corrected chi connectivity index (χ3v) is 8.41. The minimum atomic E-state index is -0.638. The topological polar surface area (TPSA) is 127 Å². The molecule has 2 N–H and O–H groups in total. The van der Waals surface area contributed by atoms with E-state index in [1.54, 1.807) is 38.5 Å². The minimum Gasteiger partial charge on any atom is -0.497 e. The van der Waals surface area contributed by atoms with Crippen molar-refractivity contribution in [2.45, 2.75) is 25.4 Å². The van der Waals surface area contributed by atoms with Crippen molar-refractivity contribution in [3.8, 4) is 11.5 Å². The second kappa shape index (κ2) is 10.2. The Morgan fingerprint density at radius 1 is 0.952 bits per heavy atom. The molecule has 2 aliphatic rings. The smallest absolute Gasteiger partial charge is 0.350 e. The molecule has 2 aliphatic heterocycles. The minimum absolute atomic E-state index is 0.0752. The van der Waals surface area contributed by atoms with Crippen molar-refractivity contribution in [2.75, 3.05) is 27.3 Å². The summed E-state index contributed by atoms with van der Waals surface area (Å²) >= 11 is 0. The predicted octanol–water partition coefficient (Wildman–Crippen LogP) is 2.85. The molecule has 0 spiro atoms. The van der Waals surface area contributed by atoms with Crippen LogP contribution in [0.2, 0.25) is 0 Å². The Morgan fingerprint density at radius 3 is 2.67 bits per heavy atom. The molecule has 2 aromatic carbocycles. The summed E-state index contributed by atoms with van der Waals surface area (Å²) < 4.78 is 13.7. The first-order chi connectivity index (χ1) is 20.4. The quantitative estimate of drug-likeness (QED) is 0.305. The van der Waals surface area contributed by atoms with Crippen molar-refractivity contribution in [2.24, 2.45) is 11.0 Å². The molecule has 11 nitrogen and oxygen atoms in total. The van der Waals surface area contributed by atoms with Gasteiger partial charge in [-0.05, 0) is 60.4 Å². The summed E-state index contributed by atoms with van der Waals surface area (Å²) in [5, 5.41) is 4.94. The number of nitrogens with one attached hydrogen (secondary N) is 2. The second-order valence-corrected chi connectivity index (χ2v) is 11.0. The molecule has 7 rings (SSSR count). The zero-order valence-electron chi connectivity index (χ0n) is 23.3. The van der Waals surface area contributed by atoms with E-state index in [1.807, 2.05) is 28.8 Å². The van der Waals surface area contributed by atoms with Gasteiger partial charge in [0.1, 0.15) is 17.0 Å². The van der Waals surface area contributed by atoms with Gasteiger partial charge in [0.2, 0.25) is 0 Å². The van der Waals surface area contributed by atoms with Crippen LogP contribution in [-0.4, -0.2) is 57.6 Å². The van der Waals surface area contributed by atoms with E-state index in [1.165, 1.54) is 6.21 Å². The fourth-order valence-corrected chi connectivity index (χ4v) is 6.54. The van der Waals surface area contributed by atoms with Gasteiger partial charge < -0.3 is 24.0 Å². The van der Waals surface area contributed by atoms with Gasteiger partial charge in [0.05, 0.1) is 26.0 Å². The van der Waals surface area contributed by atoms with Crippen LogP contribution in [0.4, 0.5) is 0 Å². The van der Waals surface area contributed by atoms with Crippen LogP contribution >= 0.6 is 0 Å². The Bertz CT molecular complexity index is 2050. The van der Waals surface area contributed by atoms with Gasteiger partial charge in [-0.3, -0.25) is 14.5 Å². The molecule has 0 saturated carbocycles. The predicted molar refractivity (Wildman–Crippen MR) is 160 cm³/mol. The average molecular weight is 567 g/mol. The van der Waals surface area contributed by atoms with Crippen LogP contribution in [0.15, 0.2) is 74.1 Å². The van der Waals surface area contributed by atoms with Crippen molar-refractivity contribution >= 4 is 28.2 Å². The number of aromatic nitrogens is 4. The standard InChI is InChI=1S/C31H30N6O5/c1-41-22-7-8-24-23(12-22)28-29(33-24)30(39)37(31(40)34-28)32-13-18-6-9-26(42-2)21(10-18)17-35-14-19-11-20(16-35)25-4-3-5-27(38)36(25)15-19/h3-10,12-13,19-20,33H,11,14-17H2,1-2H3,(H,34,40)/b32-13+/t19-,20+/m1/s1. The first-order valence-electron chi connectivity index (χ1n) is 13.9. The molecule has 0 amide bonds. The molecule has 3 aromatic heterocycles. The largest absolute Gasteiger partial charge is 0.497 e. The Hall–Kier alpha value is -4.90. The summed E-state index contributed by atoms with van der Waals surface area (Å²) in [6.45, 7) is 3.14. The van der Waals surface area contributed by atoms with Gasteiger partial charge in [-0.25, -0.2) is 4.79 Å². The Morgan fingerprint density at radius 2 is 1.83 bits per heavy atom. The number of H-pyrrole nitrogens is 2. The van der Waals surface area contributed by atoms with Gasteiger partial charge in [0, 0.05) is 60.3 Å². The maximum absolute atomic E-state index is 13.2. The van der Waals surface area contributed by atoms with E-state index in [4.69, 9.17) is 9.47 Å². The number of aromatic amines is 2. The van der Waals surface area contributed by atoms with Gasteiger partial charge >= 0.3 is 11.2 Å². The summed E-state index contributed by atoms with van der Waals surface area (Å²) in [6.07, 6.45) is 2.59. The maximum Gasteiger partial charge on any atom is 0.350 e. The third kappa shape index (κ3) is 4.42. The lowest BCUT2D eigenvalue weighted by Crippen LogP contribution is -2.46. The second-order valence-electron chi connectivity index (χ2n) is 11.0. The average Bonchev–Trinajstić information content (AvgIpc) is 3.35. The van der Waals surface area contributed by atoms with Crippen LogP contribution < -0.4 is 26.3 Å². The van der Waals surface area contributed by atoms with E-state index in [-0.39, 0.29) is 11.1 Å². The molecule has 0 radical (unpaired) electrons. The van der Waals surface area contributed by atoms with Gasteiger partial charge in [0.25, 0.3) is 5.56 Å². The molecule has 5 aromatic rings. The van der Waals surface area contributed by atoms with Crippen LogP contribution in [-0.2, 0) is 13.1 Å². The molecule has 2 bridgehead atoms. The summed E-state index contributed by atoms with van der Waals surface area (Å²) in [7, 11) is 3.20. The van der Waals surface area contributed by atoms with Crippen LogP contribution in [0.5, 0.6) is 11.5 Å². The van der Waals surface area contributed by atoms with E-state index in [9.17, 15) is 14.4 Å². The number of fused-ring (bicyclic) bond motifs is 7. The summed E-state index contributed by atoms with van der Waals surface area (Å²) in [6, 6.07) is 16.6. The molecule has 0 unspecified atom stereocenters. The van der Waals surface area contributed by atoms with Gasteiger partial charge in [-0.2, -0.15) is 5.10 Å². The van der Waals surface area contributed by atoms with Crippen LogP contribution in [0.3, 0.4) is 0 Å². The van der Waals surface area contributed by atoms with Crippen molar-refractivity contribution in [3.63, 3.8) is 0 Å². The monoisotopic (exact) mass is 566 g/mol. The van der Waals surface area contributed by atoms with Gasteiger partial charge in [-0.1, -0.05) is 6.07 Å². The van der Waals surface area contributed by atoms with Crippen LogP contribution in [0.25, 0.3) is 21.9 Å². The molecule has 1 fully saturated rings. The first kappa shape index (κ1) is 26.0. The first-order valence-corrected chi connectivity index (χ1v) is 13.9. The molecule has 1 saturated heterocycles. The summed E-state index contributed by atoms with van der Waals surface area (Å²) in [5.74, 6) is 2.09. The zero-order valence-corrected chi connectivity index (χ0v) is 23.3. The lowest BCUT2D eigenvalue weighted by molar-refractivity contribution is 0.113. The van der Waals surface area contributed by atoms with Crippen molar-refractivity contribution in [1.82, 2.24) is 24.1 Å². The number of ether oxygens (including phenoxy) is 2. The Labute approximate surface area is 239 Å². The molecule has 214 valence electrons. The van der Waals surface area contributed by atoms with E-state index in [2.05, 4.69) is 26.0 Å². The summed E-state index contributed by atoms with van der Waals surface area (Å²) in [4.78, 5) is 46.8. The van der Waals surface area contributed by atoms with Gasteiger partial charge in [-0.15, -0.1) is 4.68 Å². The molecular formula is C31H30N6O5. The fraction of sp³-hybridized carbons (Fsp3) is 0.290. The van der Waals surface area contributed by atoms with Crippen LogP contribution in [0, 0.1) is 5.92 Å². The number of nitrogens with zero attached hydrogens (tertiary/aromatic N) is 4. The zero-order chi connectivity index (χ0) is 29.0. The van der Waals surface area contributed by atoms with Gasteiger partial charge in [0.15, 0.2) is 0 Å². The molecular weight excluding hydrogens is 536 g/mol. The van der Waals surface area contributed by atoms with E-state index >= 15 is 0 Å². The van der Waals surface area contributed by atoms with Crippen LogP contribution in [0.1, 0.15) is 29.2 Å². The normalized spacial score (nSPS) is 18.5. The number of pyridine rings is 1. The lowest BCUT2D eigenvalue weighted by Gasteiger charge is -2.42. The highest BCUT2D eigenvalue weighted by Gasteiger charge is 2.34. The van der Waals surface area contributed by atoms with E-state index in [0.717, 1.165) is 53.3 Å². The molecule has 5 heterocycles. The number of methoxy groups -OCH3 is 2. The number of hydrogen-bond donors (Lipinski definition) is 2. The van der Waals surface area contributed by atoms with E-state index in [0.29, 0.717) is 40.5 Å². The third-order valence-electron chi connectivity index (χ3n) is 8.41.